The van der Waals surface area contributed by atoms with Crippen LogP contribution in [0.25, 0.3) is 0 Å². The van der Waals surface area contributed by atoms with Gasteiger partial charge in [0, 0.05) is 25.3 Å². The second-order valence-corrected chi connectivity index (χ2v) is 7.03. The summed E-state index contributed by atoms with van der Waals surface area (Å²) in [4.78, 5) is 14.4. The molecule has 3 rings (SSSR count). The maximum Gasteiger partial charge on any atom is 0.237 e. The lowest BCUT2D eigenvalue weighted by molar-refractivity contribution is -0.122. The highest BCUT2D eigenvalue weighted by Gasteiger charge is 2.25. The number of nitriles is 1. The van der Waals surface area contributed by atoms with E-state index in [4.69, 9.17) is 16.9 Å². The van der Waals surface area contributed by atoms with Crippen molar-refractivity contribution in [1.29, 1.82) is 5.26 Å². The van der Waals surface area contributed by atoms with Gasteiger partial charge in [-0.1, -0.05) is 11.6 Å². The van der Waals surface area contributed by atoms with Gasteiger partial charge in [0.2, 0.25) is 5.91 Å². The van der Waals surface area contributed by atoms with E-state index in [0.717, 1.165) is 57.5 Å². The number of rotatable bonds is 4. The zero-order valence-electron chi connectivity index (χ0n) is 13.7. The molecular weight excluding hydrogens is 324 g/mol. The van der Waals surface area contributed by atoms with Gasteiger partial charge in [0.15, 0.2) is 0 Å². The third kappa shape index (κ3) is 4.00. The van der Waals surface area contributed by atoms with E-state index in [1.807, 2.05) is 12.1 Å². The van der Waals surface area contributed by atoms with Gasteiger partial charge in [-0.25, -0.2) is 0 Å². The highest BCUT2D eigenvalue weighted by molar-refractivity contribution is 6.32. The van der Waals surface area contributed by atoms with Crippen LogP contribution in [-0.2, 0) is 4.79 Å². The van der Waals surface area contributed by atoms with Gasteiger partial charge < -0.3 is 15.5 Å². The third-order valence-corrected chi connectivity index (χ3v) is 5.21. The molecule has 2 atom stereocenters. The molecule has 0 aliphatic carbocycles. The van der Waals surface area contributed by atoms with Crippen LogP contribution in [0.4, 0.5) is 5.69 Å². The van der Waals surface area contributed by atoms with E-state index in [-0.39, 0.29) is 11.9 Å². The second kappa shape index (κ2) is 7.87. The lowest BCUT2D eigenvalue weighted by Crippen LogP contribution is -2.45. The molecule has 0 radical (unpaired) electrons. The monoisotopic (exact) mass is 346 g/mol. The number of carbonyl (C=O) groups is 1. The van der Waals surface area contributed by atoms with Crippen molar-refractivity contribution in [2.75, 3.05) is 31.1 Å². The van der Waals surface area contributed by atoms with Crippen molar-refractivity contribution in [3.8, 4) is 6.07 Å². The minimum Gasteiger partial charge on any atom is -0.371 e. The fourth-order valence-corrected chi connectivity index (χ4v) is 3.75. The normalized spacial score (nSPS) is 23.8. The van der Waals surface area contributed by atoms with Gasteiger partial charge in [0.05, 0.1) is 16.6 Å². The quantitative estimate of drug-likeness (QED) is 0.877. The van der Waals surface area contributed by atoms with Crippen LogP contribution in [0.2, 0.25) is 5.02 Å². The number of carbonyl (C=O) groups excluding carboxylic acids is 1. The highest BCUT2D eigenvalue weighted by atomic mass is 35.5. The zero-order chi connectivity index (χ0) is 16.9. The Bertz CT molecular complexity index is 636. The molecule has 0 spiro atoms. The number of amides is 1. The molecule has 6 heteroatoms. The molecule has 1 aromatic rings. The molecule has 0 saturated carbocycles. The summed E-state index contributed by atoms with van der Waals surface area (Å²) in [6.45, 7) is 3.55. The second-order valence-electron chi connectivity index (χ2n) is 6.62. The molecule has 0 aromatic heterocycles. The van der Waals surface area contributed by atoms with Gasteiger partial charge >= 0.3 is 0 Å². The molecule has 2 unspecified atom stereocenters. The molecule has 1 amide bonds. The van der Waals surface area contributed by atoms with Crippen molar-refractivity contribution in [3.05, 3.63) is 28.8 Å². The lowest BCUT2D eigenvalue weighted by Gasteiger charge is -2.34. The van der Waals surface area contributed by atoms with E-state index in [9.17, 15) is 4.79 Å². The van der Waals surface area contributed by atoms with Crippen LogP contribution in [-0.4, -0.2) is 38.1 Å². The maximum absolute atomic E-state index is 12.1. The van der Waals surface area contributed by atoms with Crippen molar-refractivity contribution >= 4 is 23.2 Å². The first-order valence-electron chi connectivity index (χ1n) is 8.63. The van der Waals surface area contributed by atoms with Crippen LogP contribution in [0.15, 0.2) is 18.2 Å². The molecule has 2 aliphatic heterocycles. The number of hydrogen-bond donors (Lipinski definition) is 2. The van der Waals surface area contributed by atoms with Crippen LogP contribution in [0.1, 0.15) is 31.2 Å². The van der Waals surface area contributed by atoms with Crippen molar-refractivity contribution in [3.63, 3.8) is 0 Å². The Morgan fingerprint density at radius 3 is 3.00 bits per heavy atom. The summed E-state index contributed by atoms with van der Waals surface area (Å²) in [7, 11) is 0. The first kappa shape index (κ1) is 17.1. The third-order valence-electron chi connectivity index (χ3n) is 4.90. The van der Waals surface area contributed by atoms with Gasteiger partial charge in [0.25, 0.3) is 0 Å². The molecule has 1 aromatic carbocycles. The summed E-state index contributed by atoms with van der Waals surface area (Å²) < 4.78 is 0. The van der Waals surface area contributed by atoms with Crippen molar-refractivity contribution in [2.45, 2.75) is 31.7 Å². The van der Waals surface area contributed by atoms with E-state index in [1.165, 1.54) is 0 Å². The highest BCUT2D eigenvalue weighted by Crippen LogP contribution is 2.27. The topological polar surface area (TPSA) is 68.2 Å². The molecule has 2 aliphatic rings. The maximum atomic E-state index is 12.1. The van der Waals surface area contributed by atoms with Gasteiger partial charge in [-0.05, 0) is 56.3 Å². The minimum absolute atomic E-state index is 0.0120. The van der Waals surface area contributed by atoms with Gasteiger partial charge in [0.1, 0.15) is 6.07 Å². The minimum atomic E-state index is -0.0120. The van der Waals surface area contributed by atoms with E-state index in [0.29, 0.717) is 16.5 Å². The predicted octanol–water partition coefficient (Wildman–Crippen LogP) is 2.30. The molecule has 2 N–H and O–H groups in total. The molecule has 5 nitrogen and oxygen atoms in total. The molecule has 24 heavy (non-hydrogen) atoms. The number of nitrogens with one attached hydrogen (secondary N) is 2. The Morgan fingerprint density at radius 2 is 2.29 bits per heavy atom. The molecule has 2 saturated heterocycles. The smallest absolute Gasteiger partial charge is 0.237 e. The predicted molar refractivity (Wildman–Crippen MR) is 95.1 cm³/mol. The van der Waals surface area contributed by atoms with E-state index < -0.39 is 0 Å². The zero-order valence-corrected chi connectivity index (χ0v) is 14.5. The van der Waals surface area contributed by atoms with Gasteiger partial charge in [-0.15, -0.1) is 0 Å². The number of piperidine rings is 1. The van der Waals surface area contributed by atoms with E-state index in [1.54, 1.807) is 6.07 Å². The summed E-state index contributed by atoms with van der Waals surface area (Å²) in [5, 5.41) is 15.8. The number of nitrogens with zero attached hydrogens (tertiary/aromatic N) is 2. The SMILES string of the molecule is N#Cc1ccc(N2CCCC(CNC(=O)C3CCCN3)C2)cc1Cl. The van der Waals surface area contributed by atoms with Crippen LogP contribution < -0.4 is 15.5 Å². The summed E-state index contributed by atoms with van der Waals surface area (Å²) in [6, 6.07) is 7.67. The molecule has 2 heterocycles. The Labute approximate surface area is 148 Å². The van der Waals surface area contributed by atoms with Crippen LogP contribution in [0, 0.1) is 17.2 Å². The van der Waals surface area contributed by atoms with E-state index in [2.05, 4.69) is 21.6 Å². The fourth-order valence-electron chi connectivity index (χ4n) is 3.53. The number of benzene rings is 1. The standard InChI is InChI=1S/C18H23ClN4O/c19-16-9-15(6-5-14(16)10-20)23-8-2-3-13(12-23)11-22-18(24)17-4-1-7-21-17/h5-6,9,13,17,21H,1-4,7-8,11-12H2,(H,22,24). The molecule has 2 fully saturated rings. The van der Waals surface area contributed by atoms with Gasteiger partial charge in [-0.2, -0.15) is 5.26 Å². The summed E-state index contributed by atoms with van der Waals surface area (Å²) in [5.41, 5.74) is 1.55. The van der Waals surface area contributed by atoms with Crippen molar-refractivity contribution < 1.29 is 4.79 Å². The average molecular weight is 347 g/mol. The Balaban J connectivity index is 1.55. The van der Waals surface area contributed by atoms with Crippen LogP contribution in [0.5, 0.6) is 0 Å². The summed E-state index contributed by atoms with van der Waals surface area (Å²) >= 11 is 6.15. The number of anilines is 1. The van der Waals surface area contributed by atoms with Crippen LogP contribution >= 0.6 is 11.6 Å². The molecule has 0 bridgehead atoms. The summed E-state index contributed by atoms with van der Waals surface area (Å²) in [5.74, 6) is 0.574. The summed E-state index contributed by atoms with van der Waals surface area (Å²) in [6.07, 6.45) is 4.24. The number of hydrogen-bond acceptors (Lipinski definition) is 4. The Hall–Kier alpha value is -1.77. The number of halogens is 1. The van der Waals surface area contributed by atoms with Gasteiger partial charge in [-0.3, -0.25) is 4.79 Å². The molecule has 128 valence electrons. The van der Waals surface area contributed by atoms with Crippen molar-refractivity contribution in [1.82, 2.24) is 10.6 Å². The molecular formula is C18H23ClN4O. The average Bonchev–Trinajstić information content (AvgIpc) is 3.14. The lowest BCUT2D eigenvalue weighted by atomic mass is 9.97. The Morgan fingerprint density at radius 1 is 1.42 bits per heavy atom. The largest absolute Gasteiger partial charge is 0.371 e. The van der Waals surface area contributed by atoms with Crippen molar-refractivity contribution in [2.24, 2.45) is 5.92 Å². The fraction of sp³-hybridized carbons (Fsp3) is 0.556. The van der Waals surface area contributed by atoms with E-state index >= 15 is 0 Å². The first-order chi connectivity index (χ1) is 11.7. The first-order valence-corrected chi connectivity index (χ1v) is 9.01. The Kier molecular flexibility index (Phi) is 5.60. The van der Waals surface area contributed by atoms with Crippen LogP contribution in [0.3, 0.4) is 0 Å².